The van der Waals surface area contributed by atoms with Crippen LogP contribution in [0.25, 0.3) is 0 Å². The number of carbonyl (C=O) groups is 1. The maximum atomic E-state index is 11.9. The summed E-state index contributed by atoms with van der Waals surface area (Å²) in [6.45, 7) is 2.51. The van der Waals surface area contributed by atoms with Crippen LogP contribution in [0, 0.1) is 0 Å². The second-order valence-corrected chi connectivity index (χ2v) is 5.23. The number of rotatable bonds is 9. The lowest BCUT2D eigenvalue weighted by atomic mass is 10.3. The third-order valence-electron chi connectivity index (χ3n) is 2.92. The van der Waals surface area contributed by atoms with Crippen LogP contribution in [0.2, 0.25) is 5.02 Å². The second-order valence-electron chi connectivity index (χ2n) is 4.79. The van der Waals surface area contributed by atoms with E-state index in [1.54, 1.807) is 55.5 Å². The summed E-state index contributed by atoms with van der Waals surface area (Å²) in [5.41, 5.74) is 0. The number of hydrogen-bond acceptors (Lipinski definition) is 5. The van der Waals surface area contributed by atoms with E-state index in [1.807, 2.05) is 6.07 Å². The minimum Gasteiger partial charge on any atom is -0.493 e. The first-order chi connectivity index (χ1) is 12.2. The van der Waals surface area contributed by atoms with Crippen molar-refractivity contribution in [2.24, 2.45) is 0 Å². The van der Waals surface area contributed by atoms with E-state index in [2.05, 4.69) is 0 Å². The molecule has 0 aliphatic rings. The largest absolute Gasteiger partial charge is 0.493 e. The average Bonchev–Trinajstić information content (AvgIpc) is 2.63. The quantitative estimate of drug-likeness (QED) is 0.289. The van der Waals surface area contributed by atoms with Crippen LogP contribution >= 0.6 is 11.6 Å². The molecule has 0 saturated carbocycles. The minimum atomic E-state index is -0.593. The van der Waals surface area contributed by atoms with Crippen molar-refractivity contribution in [3.63, 3.8) is 0 Å². The fourth-order valence-corrected chi connectivity index (χ4v) is 1.93. The molecule has 0 aliphatic carbocycles. The smallest absolute Gasteiger partial charge is 0.377 e. The molecule has 0 N–H and O–H groups in total. The van der Waals surface area contributed by atoms with Crippen molar-refractivity contribution < 1.29 is 23.7 Å². The molecule has 2 aromatic rings. The minimum absolute atomic E-state index is 0.0282. The van der Waals surface area contributed by atoms with Gasteiger partial charge in [-0.25, -0.2) is 4.79 Å². The number of hydrogen-bond donors (Lipinski definition) is 0. The molecular formula is C19H19ClO5. The maximum Gasteiger partial charge on any atom is 0.377 e. The summed E-state index contributed by atoms with van der Waals surface area (Å²) in [6, 6.07) is 15.9. The molecule has 0 saturated heterocycles. The summed E-state index contributed by atoms with van der Waals surface area (Å²) in [7, 11) is 0. The molecule has 0 bridgehead atoms. The van der Waals surface area contributed by atoms with E-state index in [-0.39, 0.29) is 19.0 Å². The molecule has 132 valence electrons. The summed E-state index contributed by atoms with van der Waals surface area (Å²) in [5.74, 6) is 0.579. The Morgan fingerprint density at radius 1 is 1.00 bits per heavy atom. The Hall–Kier alpha value is -2.66. The Balaban J connectivity index is 1.86. The Labute approximate surface area is 151 Å². The van der Waals surface area contributed by atoms with Gasteiger partial charge < -0.3 is 18.9 Å². The summed E-state index contributed by atoms with van der Waals surface area (Å²) in [5, 5.41) is 0.642. The van der Waals surface area contributed by atoms with Crippen molar-refractivity contribution in [3.05, 3.63) is 71.6 Å². The Kier molecular flexibility index (Phi) is 7.66. The summed E-state index contributed by atoms with van der Waals surface area (Å²) >= 11 is 5.81. The SMILES string of the molecule is CCOC(=O)/C(=C\OCCOc1ccc(Cl)cc1)Oc1ccccc1. The average molecular weight is 363 g/mol. The van der Waals surface area contributed by atoms with E-state index >= 15 is 0 Å². The van der Waals surface area contributed by atoms with Crippen LogP contribution < -0.4 is 9.47 Å². The molecule has 2 aromatic carbocycles. The molecule has 0 fully saturated rings. The molecule has 2 rings (SSSR count). The monoisotopic (exact) mass is 362 g/mol. The van der Waals surface area contributed by atoms with Crippen LogP contribution in [0.5, 0.6) is 11.5 Å². The van der Waals surface area contributed by atoms with Crippen molar-refractivity contribution >= 4 is 17.6 Å². The van der Waals surface area contributed by atoms with Crippen molar-refractivity contribution in [1.29, 1.82) is 0 Å². The lowest BCUT2D eigenvalue weighted by molar-refractivity contribution is -0.141. The fraction of sp³-hybridized carbons (Fsp3) is 0.211. The highest BCUT2D eigenvalue weighted by atomic mass is 35.5. The molecule has 0 heterocycles. The molecule has 6 heteroatoms. The van der Waals surface area contributed by atoms with E-state index in [4.69, 9.17) is 30.5 Å². The van der Waals surface area contributed by atoms with Crippen LogP contribution in [0.15, 0.2) is 66.6 Å². The number of para-hydroxylation sites is 1. The zero-order chi connectivity index (χ0) is 17.9. The molecule has 25 heavy (non-hydrogen) atoms. The molecule has 0 radical (unpaired) electrons. The molecule has 0 aliphatic heterocycles. The van der Waals surface area contributed by atoms with E-state index in [1.165, 1.54) is 6.26 Å². The third kappa shape index (κ3) is 6.77. The fourth-order valence-electron chi connectivity index (χ4n) is 1.80. The van der Waals surface area contributed by atoms with Gasteiger partial charge in [0.05, 0.1) is 6.61 Å². The maximum absolute atomic E-state index is 11.9. The first-order valence-corrected chi connectivity index (χ1v) is 8.17. The van der Waals surface area contributed by atoms with Crippen LogP contribution in [0.3, 0.4) is 0 Å². The van der Waals surface area contributed by atoms with Crippen molar-refractivity contribution in [1.82, 2.24) is 0 Å². The van der Waals surface area contributed by atoms with Crippen LogP contribution in [0.4, 0.5) is 0 Å². The summed E-state index contributed by atoms with van der Waals surface area (Å²) in [4.78, 5) is 11.9. The lowest BCUT2D eigenvalue weighted by Gasteiger charge is -2.10. The summed E-state index contributed by atoms with van der Waals surface area (Å²) < 4.78 is 21.3. The molecule has 0 aromatic heterocycles. The van der Waals surface area contributed by atoms with Gasteiger partial charge in [0.15, 0.2) is 0 Å². The van der Waals surface area contributed by atoms with Gasteiger partial charge in [-0.2, -0.15) is 0 Å². The number of halogens is 1. The van der Waals surface area contributed by atoms with Crippen LogP contribution in [-0.2, 0) is 14.3 Å². The Bertz CT molecular complexity index is 683. The number of ether oxygens (including phenoxy) is 4. The first kappa shape index (κ1) is 18.7. The molecular weight excluding hydrogens is 344 g/mol. The molecule has 0 atom stereocenters. The molecule has 0 unspecified atom stereocenters. The van der Waals surface area contributed by atoms with Gasteiger partial charge >= 0.3 is 5.97 Å². The highest BCUT2D eigenvalue weighted by Gasteiger charge is 2.14. The van der Waals surface area contributed by atoms with Gasteiger partial charge in [-0.3, -0.25) is 0 Å². The highest BCUT2D eigenvalue weighted by Crippen LogP contribution is 2.16. The zero-order valence-corrected chi connectivity index (χ0v) is 14.6. The second kappa shape index (κ2) is 10.3. The van der Waals surface area contributed by atoms with Crippen molar-refractivity contribution in [3.8, 4) is 11.5 Å². The lowest BCUT2D eigenvalue weighted by Crippen LogP contribution is -2.14. The van der Waals surface area contributed by atoms with E-state index in [0.717, 1.165) is 0 Å². The molecule has 0 amide bonds. The van der Waals surface area contributed by atoms with E-state index < -0.39 is 5.97 Å². The van der Waals surface area contributed by atoms with Gasteiger partial charge in [0, 0.05) is 5.02 Å². The Morgan fingerprint density at radius 2 is 1.72 bits per heavy atom. The number of benzene rings is 2. The van der Waals surface area contributed by atoms with Crippen LogP contribution in [0.1, 0.15) is 6.92 Å². The third-order valence-corrected chi connectivity index (χ3v) is 3.17. The van der Waals surface area contributed by atoms with Gasteiger partial charge in [0.25, 0.3) is 0 Å². The van der Waals surface area contributed by atoms with Gasteiger partial charge in [-0.05, 0) is 43.3 Å². The van der Waals surface area contributed by atoms with Gasteiger partial charge in [-0.1, -0.05) is 29.8 Å². The van der Waals surface area contributed by atoms with Crippen molar-refractivity contribution in [2.75, 3.05) is 19.8 Å². The normalized spacial score (nSPS) is 10.9. The van der Waals surface area contributed by atoms with Gasteiger partial charge in [0.1, 0.15) is 31.0 Å². The van der Waals surface area contributed by atoms with Gasteiger partial charge in [0.2, 0.25) is 5.76 Å². The van der Waals surface area contributed by atoms with E-state index in [0.29, 0.717) is 23.1 Å². The predicted molar refractivity (Wildman–Crippen MR) is 94.7 cm³/mol. The number of esters is 1. The topological polar surface area (TPSA) is 54.0 Å². The Morgan fingerprint density at radius 3 is 2.40 bits per heavy atom. The zero-order valence-electron chi connectivity index (χ0n) is 13.8. The van der Waals surface area contributed by atoms with E-state index in [9.17, 15) is 4.79 Å². The van der Waals surface area contributed by atoms with Crippen molar-refractivity contribution in [2.45, 2.75) is 6.92 Å². The van der Waals surface area contributed by atoms with Crippen LogP contribution in [-0.4, -0.2) is 25.8 Å². The highest BCUT2D eigenvalue weighted by molar-refractivity contribution is 6.30. The number of carbonyl (C=O) groups excluding carboxylic acids is 1. The summed E-state index contributed by atoms with van der Waals surface area (Å²) in [6.07, 6.45) is 1.23. The molecule has 0 spiro atoms. The molecule has 5 nitrogen and oxygen atoms in total. The van der Waals surface area contributed by atoms with Gasteiger partial charge in [-0.15, -0.1) is 0 Å². The first-order valence-electron chi connectivity index (χ1n) is 7.79. The standard InChI is InChI=1S/C19H19ClO5/c1-2-23-19(21)18(25-17-6-4-3-5-7-17)14-22-12-13-24-16-10-8-15(20)9-11-16/h3-11,14H,2,12-13H2,1H3/b18-14+. The predicted octanol–water partition coefficient (Wildman–Crippen LogP) is 4.22.